The molecule has 1 amide bonds. The molecule has 0 spiro atoms. The summed E-state index contributed by atoms with van der Waals surface area (Å²) in [6.07, 6.45) is -0.692. The Morgan fingerprint density at radius 1 is 1.09 bits per heavy atom. The van der Waals surface area contributed by atoms with E-state index >= 15 is 0 Å². The number of amides is 1. The van der Waals surface area contributed by atoms with Crippen LogP contribution in [0.2, 0.25) is 2.82 Å². The molecule has 1 atom stereocenters. The van der Waals surface area contributed by atoms with Crippen LogP contribution in [-0.4, -0.2) is 73.9 Å². The molecule has 2 aromatic carbocycles. The molecule has 1 saturated heterocycles. The zero-order valence-electron chi connectivity index (χ0n) is 20.4. The third-order valence-corrected chi connectivity index (χ3v) is 5.83. The second kappa shape index (κ2) is 8.53. The second-order valence-electron chi connectivity index (χ2n) is 7.75. The van der Waals surface area contributed by atoms with E-state index in [1.807, 2.05) is 23.1 Å². The molecule has 1 fully saturated rings. The third-order valence-electron chi connectivity index (χ3n) is 5.83. The average molecular weight is 453 g/mol. The van der Waals surface area contributed by atoms with Crippen molar-refractivity contribution in [3.8, 4) is 23.0 Å². The van der Waals surface area contributed by atoms with Gasteiger partial charge in [-0.25, -0.2) is 4.98 Å². The van der Waals surface area contributed by atoms with Crippen LogP contribution < -0.4 is 29.6 Å². The van der Waals surface area contributed by atoms with Gasteiger partial charge in [-0.15, -0.1) is 0 Å². The number of hydrogen-bond acceptors (Lipinski definition) is 9. The summed E-state index contributed by atoms with van der Waals surface area (Å²) in [5.74, 6) is 2.53. The van der Waals surface area contributed by atoms with Gasteiger partial charge in [0.1, 0.15) is 12.4 Å². The van der Waals surface area contributed by atoms with Gasteiger partial charge in [0.15, 0.2) is 25.8 Å². The summed E-state index contributed by atoms with van der Waals surface area (Å²) < 4.78 is 37.9. The predicted octanol–water partition coefficient (Wildman–Crippen LogP) is 1.72. The Bertz CT molecular complexity index is 1250. The van der Waals surface area contributed by atoms with E-state index in [0.29, 0.717) is 71.7 Å². The van der Waals surface area contributed by atoms with Gasteiger partial charge in [-0.3, -0.25) is 4.79 Å². The molecule has 0 aliphatic carbocycles. The molecule has 0 radical (unpaired) electrons. The van der Waals surface area contributed by atoms with Crippen molar-refractivity contribution in [2.24, 2.45) is 0 Å². The van der Waals surface area contributed by atoms with Gasteiger partial charge in [0, 0.05) is 37.6 Å². The Balaban J connectivity index is 1.33. The van der Waals surface area contributed by atoms with Gasteiger partial charge >= 0.3 is 0 Å². The fraction of sp³-hybridized carbons (Fsp3) is 0.348. The molecular weight excluding hydrogens is 426 g/mol. The van der Waals surface area contributed by atoms with E-state index in [-0.39, 0.29) is 18.3 Å². The largest absolute Gasteiger partial charge is 0.493 e. The van der Waals surface area contributed by atoms with Crippen molar-refractivity contribution in [3.63, 3.8) is 0 Å². The van der Waals surface area contributed by atoms with Crippen molar-refractivity contribution in [2.45, 2.75) is 6.10 Å². The minimum absolute atomic E-state index is 0.121. The molecule has 33 heavy (non-hydrogen) atoms. The van der Waals surface area contributed by atoms with Crippen LogP contribution in [0.1, 0.15) is 0 Å². The highest BCUT2D eigenvalue weighted by molar-refractivity contribution is 5.91. The van der Waals surface area contributed by atoms with E-state index in [2.05, 4.69) is 9.97 Å². The summed E-state index contributed by atoms with van der Waals surface area (Å²) in [7, 11) is 3.05. The SMILES string of the molecule is [2H]N([2H])c1nc(N2CCN(C(=O)C3COc4ccccc4O3)CC2)nc2cc(OC)c(OC)cc12. The number of carbonyl (C=O) groups excluding carboxylic acids is 1. The second-order valence-corrected chi connectivity index (χ2v) is 7.75. The maximum absolute atomic E-state index is 13.0. The number of nitrogens with zero attached hydrogens (tertiary/aromatic N) is 4. The number of hydrogen-bond donors (Lipinski definition) is 1. The van der Waals surface area contributed by atoms with Crippen molar-refractivity contribution >= 4 is 28.6 Å². The number of aromatic nitrogens is 2. The number of benzene rings is 2. The molecule has 2 aliphatic heterocycles. The summed E-state index contributed by atoms with van der Waals surface area (Å²) in [5.41, 5.74) is 0.981. The van der Waals surface area contributed by atoms with Crippen LogP contribution in [0.4, 0.5) is 11.8 Å². The molecule has 1 aromatic heterocycles. The van der Waals surface area contributed by atoms with Crippen LogP contribution in [0.3, 0.4) is 0 Å². The number of fused-ring (bicyclic) bond motifs is 2. The number of nitrogens with two attached hydrogens (primary N) is 1. The van der Waals surface area contributed by atoms with E-state index in [9.17, 15) is 4.79 Å². The van der Waals surface area contributed by atoms with Crippen molar-refractivity contribution in [1.29, 1.82) is 0 Å². The first-order valence-electron chi connectivity index (χ1n) is 11.5. The average Bonchev–Trinajstić information content (AvgIpc) is 2.90. The lowest BCUT2D eigenvalue weighted by atomic mass is 10.2. The van der Waals surface area contributed by atoms with Crippen molar-refractivity contribution in [2.75, 3.05) is 57.6 Å². The van der Waals surface area contributed by atoms with Gasteiger partial charge in [-0.2, -0.15) is 4.98 Å². The molecule has 3 heterocycles. The number of ether oxygens (including phenoxy) is 4. The highest BCUT2D eigenvalue weighted by Crippen LogP contribution is 2.34. The topological polar surface area (TPSA) is 112 Å². The smallest absolute Gasteiger partial charge is 0.267 e. The fourth-order valence-corrected chi connectivity index (χ4v) is 4.04. The van der Waals surface area contributed by atoms with Gasteiger partial charge in [-0.05, 0) is 18.2 Å². The summed E-state index contributed by atoms with van der Waals surface area (Å²) in [4.78, 5) is 25.8. The van der Waals surface area contributed by atoms with Crippen LogP contribution in [-0.2, 0) is 4.79 Å². The molecule has 5 rings (SSSR count). The first kappa shape index (κ1) is 18.6. The fourth-order valence-electron chi connectivity index (χ4n) is 4.04. The molecule has 10 nitrogen and oxygen atoms in total. The highest BCUT2D eigenvalue weighted by Gasteiger charge is 2.33. The predicted molar refractivity (Wildman–Crippen MR) is 122 cm³/mol. The van der Waals surface area contributed by atoms with Crippen LogP contribution in [0.5, 0.6) is 23.0 Å². The molecule has 1 unspecified atom stereocenters. The van der Waals surface area contributed by atoms with Gasteiger partial charge in [-0.1, -0.05) is 12.1 Å². The van der Waals surface area contributed by atoms with E-state index < -0.39 is 6.10 Å². The maximum Gasteiger partial charge on any atom is 0.267 e. The van der Waals surface area contributed by atoms with Crippen LogP contribution in [0.15, 0.2) is 36.4 Å². The summed E-state index contributed by atoms with van der Waals surface area (Å²) in [6.45, 7) is 2.05. The van der Waals surface area contributed by atoms with Gasteiger partial charge < -0.3 is 34.5 Å². The van der Waals surface area contributed by atoms with Gasteiger partial charge in [0.2, 0.25) is 12.1 Å². The summed E-state index contributed by atoms with van der Waals surface area (Å²) in [5, 5.41) is 0.500. The number of para-hydroxylation sites is 2. The first-order chi connectivity index (χ1) is 17.0. The Hall–Kier alpha value is -3.95. The van der Waals surface area contributed by atoms with Crippen molar-refractivity contribution in [3.05, 3.63) is 36.4 Å². The van der Waals surface area contributed by atoms with Crippen molar-refractivity contribution in [1.82, 2.24) is 14.9 Å². The lowest BCUT2D eigenvalue weighted by molar-refractivity contribution is -0.141. The van der Waals surface area contributed by atoms with Gasteiger partial charge in [0.05, 0.1) is 19.7 Å². The standard InChI is InChI=1S/C23H25N5O5/c1-30-18-11-14-15(12-19(18)31-2)25-23(26-21(14)24)28-9-7-27(8-10-28)22(29)20-13-32-16-5-3-4-6-17(16)33-20/h3-6,11-12,20H,7-10,13H2,1-2H3,(H2,24,25,26)/i/hD2. The zero-order chi connectivity index (χ0) is 24.5. The normalized spacial score (nSPS) is 18.4. The third kappa shape index (κ3) is 3.88. The minimum Gasteiger partial charge on any atom is -0.493 e. The number of nitrogen functional groups attached to an aromatic ring is 1. The number of carbonyl (C=O) groups is 1. The Kier molecular flexibility index (Phi) is 4.81. The van der Waals surface area contributed by atoms with Crippen LogP contribution in [0.25, 0.3) is 10.9 Å². The summed E-state index contributed by atoms with van der Waals surface area (Å²) in [6, 6.07) is 10.7. The van der Waals surface area contributed by atoms with Crippen LogP contribution in [0, 0.1) is 0 Å². The number of anilines is 2. The van der Waals surface area contributed by atoms with Crippen molar-refractivity contribution < 1.29 is 26.6 Å². The van der Waals surface area contributed by atoms with E-state index in [0.717, 1.165) is 0 Å². The monoisotopic (exact) mass is 453 g/mol. The quantitative estimate of drug-likeness (QED) is 0.617. The minimum atomic E-state index is -0.692. The molecular formula is C23H25N5O5. The van der Waals surface area contributed by atoms with E-state index in [1.165, 1.54) is 14.2 Å². The van der Waals surface area contributed by atoms with E-state index in [1.54, 1.807) is 23.1 Å². The zero-order valence-corrected chi connectivity index (χ0v) is 18.4. The molecule has 3 aromatic rings. The lowest BCUT2D eigenvalue weighted by Gasteiger charge is -2.37. The number of piperazine rings is 1. The Morgan fingerprint density at radius 2 is 1.82 bits per heavy atom. The Labute approximate surface area is 193 Å². The molecule has 0 saturated carbocycles. The maximum atomic E-state index is 13.0. The molecule has 172 valence electrons. The Morgan fingerprint density at radius 3 is 2.55 bits per heavy atom. The molecule has 2 aliphatic rings. The van der Waals surface area contributed by atoms with E-state index in [4.69, 9.17) is 21.8 Å². The van der Waals surface area contributed by atoms with Gasteiger partial charge in [0.25, 0.3) is 5.91 Å². The molecule has 0 bridgehead atoms. The lowest BCUT2D eigenvalue weighted by Crippen LogP contribution is -2.54. The highest BCUT2D eigenvalue weighted by atomic mass is 16.6. The molecule has 10 heteroatoms. The number of methoxy groups -OCH3 is 2. The molecule has 2 N–H and O–H groups in total. The summed E-state index contributed by atoms with van der Waals surface area (Å²) >= 11 is 0. The van der Waals surface area contributed by atoms with Crippen LogP contribution >= 0.6 is 0 Å². The first-order valence-corrected chi connectivity index (χ1v) is 10.6. The number of rotatable bonds is 5.